The molecule has 160 valence electrons. The number of urea groups is 1. The molecule has 31 heavy (non-hydrogen) atoms. The van der Waals surface area contributed by atoms with Crippen molar-refractivity contribution in [2.24, 2.45) is 5.73 Å². The Morgan fingerprint density at radius 2 is 1.94 bits per heavy atom. The number of anilines is 1. The molecule has 3 rings (SSSR count). The molecular formula is C21H19ClN4O3S2. The highest BCUT2D eigenvalue weighted by Crippen LogP contribution is 2.46. The molecular weight excluding hydrogens is 456 g/mol. The van der Waals surface area contributed by atoms with Gasteiger partial charge in [0.25, 0.3) is 5.91 Å². The van der Waals surface area contributed by atoms with Crippen LogP contribution in [-0.2, 0) is 0 Å². The van der Waals surface area contributed by atoms with E-state index in [0.29, 0.717) is 16.8 Å². The number of aliphatic hydroxyl groups is 1. The standard InChI is InChI=1S/C21H19ClN4O3S2/c1-31-21(29)10-9-13(12-20(21,22)18(30)26-19(23)28)14-6-2-3-7-15(14)25-17(27)16-8-4-5-11-24-16/h2-12,29H,1H3,(H,25,27)(H3,23,26,28,30). The van der Waals surface area contributed by atoms with Crippen molar-refractivity contribution in [1.82, 2.24) is 10.3 Å². The summed E-state index contributed by atoms with van der Waals surface area (Å²) < 4.78 is 0. The molecule has 5 N–H and O–H groups in total. The van der Waals surface area contributed by atoms with Crippen molar-refractivity contribution in [1.29, 1.82) is 0 Å². The fourth-order valence-corrected chi connectivity index (χ4v) is 4.53. The van der Waals surface area contributed by atoms with Crippen molar-refractivity contribution >= 4 is 63.8 Å². The molecule has 2 unspecified atom stereocenters. The van der Waals surface area contributed by atoms with Crippen LogP contribution >= 0.6 is 35.6 Å². The van der Waals surface area contributed by atoms with Gasteiger partial charge in [0, 0.05) is 17.4 Å². The average molecular weight is 475 g/mol. The molecule has 1 aliphatic carbocycles. The fraction of sp³-hybridized carbons (Fsp3) is 0.143. The van der Waals surface area contributed by atoms with Crippen LogP contribution in [-0.4, -0.2) is 43.1 Å². The number of nitrogens with one attached hydrogen (secondary N) is 2. The van der Waals surface area contributed by atoms with E-state index in [1.54, 1.807) is 54.8 Å². The van der Waals surface area contributed by atoms with Crippen LogP contribution in [0.25, 0.3) is 5.57 Å². The highest BCUT2D eigenvalue weighted by Gasteiger charge is 2.51. The topological polar surface area (TPSA) is 117 Å². The Labute approximate surface area is 193 Å². The summed E-state index contributed by atoms with van der Waals surface area (Å²) in [5, 5.41) is 16.2. The van der Waals surface area contributed by atoms with Gasteiger partial charge in [-0.05, 0) is 42.2 Å². The predicted molar refractivity (Wildman–Crippen MR) is 128 cm³/mol. The van der Waals surface area contributed by atoms with Crippen LogP contribution in [0.1, 0.15) is 16.1 Å². The van der Waals surface area contributed by atoms with Crippen molar-refractivity contribution < 1.29 is 14.7 Å². The fourth-order valence-electron chi connectivity index (χ4n) is 3.03. The second-order valence-electron chi connectivity index (χ2n) is 6.58. The number of thiocarbonyl (C=S) groups is 1. The summed E-state index contributed by atoms with van der Waals surface area (Å²) in [5.41, 5.74) is 7.19. The molecule has 3 amide bonds. The number of halogens is 1. The maximum atomic E-state index is 12.6. The second-order valence-corrected chi connectivity index (χ2v) is 8.61. The van der Waals surface area contributed by atoms with E-state index in [4.69, 9.17) is 29.6 Å². The Morgan fingerprint density at radius 1 is 1.23 bits per heavy atom. The molecule has 1 aliphatic rings. The third kappa shape index (κ3) is 4.64. The molecule has 0 saturated heterocycles. The molecule has 1 aromatic heterocycles. The van der Waals surface area contributed by atoms with Gasteiger partial charge in [-0.15, -0.1) is 23.4 Å². The largest absolute Gasteiger partial charge is 0.373 e. The smallest absolute Gasteiger partial charge is 0.317 e. The van der Waals surface area contributed by atoms with Gasteiger partial charge >= 0.3 is 6.03 Å². The summed E-state index contributed by atoms with van der Waals surface area (Å²) in [5.74, 6) is -0.378. The van der Waals surface area contributed by atoms with E-state index in [1.807, 2.05) is 0 Å². The van der Waals surface area contributed by atoms with Crippen LogP contribution in [0.2, 0.25) is 0 Å². The number of thioether (sulfide) groups is 1. The summed E-state index contributed by atoms with van der Waals surface area (Å²) in [6.07, 6.45) is 7.90. The SMILES string of the molecule is CSC1(O)C=CC(c2ccccc2NC(=O)c2ccccn2)=CC1(Cl)C(=S)NC(N)=O. The van der Waals surface area contributed by atoms with Gasteiger partial charge in [-0.3, -0.25) is 9.78 Å². The Hall–Kier alpha value is -2.72. The normalized spacial score (nSPS) is 22.4. The van der Waals surface area contributed by atoms with Crippen LogP contribution in [0, 0.1) is 0 Å². The number of amides is 3. The van der Waals surface area contributed by atoms with Gasteiger partial charge in [0.1, 0.15) is 10.7 Å². The zero-order valence-electron chi connectivity index (χ0n) is 16.3. The van der Waals surface area contributed by atoms with E-state index in [0.717, 1.165) is 11.8 Å². The Kier molecular flexibility index (Phi) is 6.80. The predicted octanol–water partition coefficient (Wildman–Crippen LogP) is 3.31. The van der Waals surface area contributed by atoms with Gasteiger partial charge < -0.3 is 21.5 Å². The van der Waals surface area contributed by atoms with Crippen LogP contribution in [0.3, 0.4) is 0 Å². The van der Waals surface area contributed by atoms with Gasteiger partial charge in [0.2, 0.25) is 0 Å². The minimum atomic E-state index is -1.67. The van der Waals surface area contributed by atoms with E-state index in [-0.39, 0.29) is 16.6 Å². The molecule has 0 radical (unpaired) electrons. The lowest BCUT2D eigenvalue weighted by molar-refractivity contribution is 0.102. The number of carbonyl (C=O) groups is 2. The lowest BCUT2D eigenvalue weighted by Crippen LogP contribution is -2.57. The van der Waals surface area contributed by atoms with Crippen molar-refractivity contribution in [2.45, 2.75) is 9.81 Å². The Balaban J connectivity index is 2.02. The van der Waals surface area contributed by atoms with Gasteiger partial charge in [-0.1, -0.05) is 42.6 Å². The van der Waals surface area contributed by atoms with Crippen LogP contribution < -0.4 is 16.4 Å². The molecule has 0 bridgehead atoms. The first-order valence-electron chi connectivity index (χ1n) is 9.01. The molecule has 0 fully saturated rings. The van der Waals surface area contributed by atoms with E-state index in [9.17, 15) is 14.7 Å². The summed E-state index contributed by atoms with van der Waals surface area (Å²) in [4.78, 5) is 24.5. The number of hydrogen-bond donors (Lipinski definition) is 4. The number of para-hydroxylation sites is 1. The summed E-state index contributed by atoms with van der Waals surface area (Å²) in [6.45, 7) is 0. The molecule has 1 aromatic carbocycles. The van der Waals surface area contributed by atoms with E-state index < -0.39 is 15.8 Å². The van der Waals surface area contributed by atoms with E-state index in [2.05, 4.69) is 15.6 Å². The van der Waals surface area contributed by atoms with Gasteiger partial charge in [-0.2, -0.15) is 0 Å². The minimum Gasteiger partial charge on any atom is -0.373 e. The maximum Gasteiger partial charge on any atom is 0.317 e. The summed E-state index contributed by atoms with van der Waals surface area (Å²) >= 11 is 13.1. The van der Waals surface area contributed by atoms with Crippen molar-refractivity contribution in [3.63, 3.8) is 0 Å². The van der Waals surface area contributed by atoms with Crippen molar-refractivity contribution in [3.8, 4) is 0 Å². The van der Waals surface area contributed by atoms with Gasteiger partial charge in [-0.25, -0.2) is 4.79 Å². The highest BCUT2D eigenvalue weighted by molar-refractivity contribution is 8.00. The first-order chi connectivity index (χ1) is 14.7. The lowest BCUT2D eigenvalue weighted by atomic mass is 9.88. The number of hydrogen-bond acceptors (Lipinski definition) is 6. The molecule has 7 nitrogen and oxygen atoms in total. The van der Waals surface area contributed by atoms with Crippen LogP contribution in [0.4, 0.5) is 10.5 Å². The Bertz CT molecular complexity index is 1090. The van der Waals surface area contributed by atoms with E-state index in [1.165, 1.54) is 18.3 Å². The minimum absolute atomic E-state index is 0.143. The number of nitrogens with zero attached hydrogens (tertiary/aromatic N) is 1. The number of carbonyl (C=O) groups excluding carboxylic acids is 2. The number of alkyl halides is 1. The molecule has 1 heterocycles. The van der Waals surface area contributed by atoms with Crippen LogP contribution in [0.15, 0.2) is 66.9 Å². The average Bonchev–Trinajstić information content (AvgIpc) is 2.76. The van der Waals surface area contributed by atoms with Crippen LogP contribution in [0.5, 0.6) is 0 Å². The van der Waals surface area contributed by atoms with Crippen molar-refractivity contribution in [2.75, 3.05) is 11.6 Å². The number of allylic oxidation sites excluding steroid dienone is 2. The van der Waals surface area contributed by atoms with Gasteiger partial charge in [0.15, 0.2) is 9.81 Å². The zero-order valence-corrected chi connectivity index (χ0v) is 18.7. The summed E-state index contributed by atoms with van der Waals surface area (Å²) in [6, 6.07) is 11.2. The molecule has 0 saturated carbocycles. The molecule has 2 aromatic rings. The lowest BCUT2D eigenvalue weighted by Gasteiger charge is -2.40. The second kappa shape index (κ2) is 9.19. The summed E-state index contributed by atoms with van der Waals surface area (Å²) in [7, 11) is 0. The monoisotopic (exact) mass is 474 g/mol. The first kappa shape index (κ1) is 23.0. The third-order valence-corrected chi connectivity index (χ3v) is 6.94. The van der Waals surface area contributed by atoms with Crippen molar-refractivity contribution in [3.05, 3.63) is 78.1 Å². The molecule has 0 aliphatic heterocycles. The number of pyridine rings is 1. The molecule has 2 atom stereocenters. The maximum absolute atomic E-state index is 12.6. The molecule has 0 spiro atoms. The quantitative estimate of drug-likeness (QED) is 0.300. The van der Waals surface area contributed by atoms with Gasteiger partial charge in [0.05, 0.1) is 0 Å². The Morgan fingerprint density at radius 3 is 2.58 bits per heavy atom. The number of rotatable bonds is 5. The zero-order chi connectivity index (χ0) is 22.6. The highest BCUT2D eigenvalue weighted by atomic mass is 35.5. The number of nitrogens with two attached hydrogens (primary N) is 1. The number of aromatic nitrogens is 1. The number of benzene rings is 1. The third-order valence-electron chi connectivity index (χ3n) is 4.63. The first-order valence-corrected chi connectivity index (χ1v) is 11.0. The van der Waals surface area contributed by atoms with E-state index >= 15 is 0 Å². The number of primary amides is 1. The molecule has 10 heteroatoms.